The summed E-state index contributed by atoms with van der Waals surface area (Å²) in [5, 5.41) is 3.02. The smallest absolute Gasteiger partial charge is 0.221 e. The molecule has 6 nitrogen and oxygen atoms in total. The number of nitrogens with zero attached hydrogens (tertiary/aromatic N) is 1. The van der Waals surface area contributed by atoms with Crippen molar-refractivity contribution >= 4 is 18.3 Å². The number of piperidine rings is 1. The summed E-state index contributed by atoms with van der Waals surface area (Å²) in [6, 6.07) is 6.51. The summed E-state index contributed by atoms with van der Waals surface area (Å²) < 4.78 is 11.2. The van der Waals surface area contributed by atoms with E-state index in [9.17, 15) is 4.79 Å². The number of benzene rings is 1. The Morgan fingerprint density at radius 3 is 2.85 bits per heavy atom. The molecule has 0 spiro atoms. The monoisotopic (exact) mass is 399 g/mol. The number of hydrogen-bond donors (Lipinski definition) is 2. The predicted molar refractivity (Wildman–Crippen MR) is 111 cm³/mol. The molecule has 1 aromatic rings. The minimum Gasteiger partial charge on any atom is -0.493 e. The molecule has 1 atom stereocenters. The third-order valence-corrected chi connectivity index (χ3v) is 4.73. The van der Waals surface area contributed by atoms with Gasteiger partial charge in [-0.1, -0.05) is 19.4 Å². The number of nitrogens with one attached hydrogen (secondary N) is 1. The molecular formula is C20H34ClN3O3. The molecule has 2 rings (SSSR count). The number of carbonyl (C=O) groups is 1. The van der Waals surface area contributed by atoms with Crippen molar-refractivity contribution in [3.8, 4) is 11.5 Å². The first-order chi connectivity index (χ1) is 12.7. The fourth-order valence-corrected chi connectivity index (χ4v) is 3.33. The Balaban J connectivity index is 0.00000364. The zero-order chi connectivity index (χ0) is 18.8. The number of amides is 1. The maximum atomic E-state index is 11.7. The average Bonchev–Trinajstić information content (AvgIpc) is 2.66. The van der Waals surface area contributed by atoms with Gasteiger partial charge in [0, 0.05) is 32.1 Å². The van der Waals surface area contributed by atoms with Crippen LogP contribution in [0.2, 0.25) is 0 Å². The lowest BCUT2D eigenvalue weighted by Crippen LogP contribution is -2.46. The highest BCUT2D eigenvalue weighted by Crippen LogP contribution is 2.29. The van der Waals surface area contributed by atoms with Gasteiger partial charge in [0.2, 0.25) is 5.91 Å². The van der Waals surface area contributed by atoms with Crippen molar-refractivity contribution < 1.29 is 14.3 Å². The van der Waals surface area contributed by atoms with Crippen LogP contribution in [0.15, 0.2) is 18.2 Å². The van der Waals surface area contributed by atoms with Crippen molar-refractivity contribution in [2.75, 3.05) is 33.4 Å². The molecule has 27 heavy (non-hydrogen) atoms. The number of nitrogens with two attached hydrogens (primary N) is 1. The van der Waals surface area contributed by atoms with Crippen LogP contribution < -0.4 is 20.5 Å². The summed E-state index contributed by atoms with van der Waals surface area (Å²) in [5.74, 6) is 1.61. The van der Waals surface area contributed by atoms with Gasteiger partial charge in [-0.25, -0.2) is 0 Å². The van der Waals surface area contributed by atoms with Crippen LogP contribution in [0.5, 0.6) is 11.5 Å². The molecule has 1 aromatic carbocycles. The Kier molecular flexibility index (Phi) is 11.2. The summed E-state index contributed by atoms with van der Waals surface area (Å²) in [5.41, 5.74) is 6.65. The largest absolute Gasteiger partial charge is 0.493 e. The van der Waals surface area contributed by atoms with Gasteiger partial charge in [-0.05, 0) is 43.5 Å². The van der Waals surface area contributed by atoms with Crippen LogP contribution in [0, 0.1) is 0 Å². The zero-order valence-electron chi connectivity index (χ0n) is 16.5. The molecule has 0 saturated carbocycles. The third-order valence-electron chi connectivity index (χ3n) is 4.73. The van der Waals surface area contributed by atoms with Crippen LogP contribution in [-0.2, 0) is 11.3 Å². The molecule has 1 unspecified atom stereocenters. The third kappa shape index (κ3) is 7.56. The van der Waals surface area contributed by atoms with Crippen LogP contribution in [0.1, 0.15) is 44.6 Å². The SMILES string of the molecule is CCCOc1cc(CN2CCCCC2CNC(=O)CCN)ccc1OC.Cl. The minimum absolute atomic E-state index is 0. The number of rotatable bonds is 10. The molecule has 1 saturated heterocycles. The molecular weight excluding hydrogens is 366 g/mol. The van der Waals surface area contributed by atoms with Gasteiger partial charge >= 0.3 is 0 Å². The predicted octanol–water partition coefficient (Wildman–Crippen LogP) is 2.73. The molecule has 0 aromatic heterocycles. The second-order valence-corrected chi connectivity index (χ2v) is 6.80. The lowest BCUT2D eigenvalue weighted by molar-refractivity contribution is -0.121. The van der Waals surface area contributed by atoms with E-state index in [0.29, 0.717) is 32.2 Å². The first-order valence-corrected chi connectivity index (χ1v) is 9.68. The summed E-state index contributed by atoms with van der Waals surface area (Å²) in [7, 11) is 1.67. The molecule has 1 fully saturated rings. The summed E-state index contributed by atoms with van der Waals surface area (Å²) >= 11 is 0. The molecule has 0 aliphatic carbocycles. The highest BCUT2D eigenvalue weighted by molar-refractivity contribution is 5.85. The lowest BCUT2D eigenvalue weighted by Gasteiger charge is -2.36. The standard InChI is InChI=1S/C20H33N3O3.ClH/c1-3-12-26-19-13-16(7-8-18(19)25-2)15-23-11-5-4-6-17(23)14-22-20(24)9-10-21;/h7-8,13,17H,3-6,9-12,14-15,21H2,1-2H3,(H,22,24);1H. The van der Waals surface area contributed by atoms with Crippen molar-refractivity contribution in [1.82, 2.24) is 10.2 Å². The van der Waals surface area contributed by atoms with Gasteiger partial charge in [-0.15, -0.1) is 12.4 Å². The van der Waals surface area contributed by atoms with E-state index in [0.717, 1.165) is 37.4 Å². The highest BCUT2D eigenvalue weighted by atomic mass is 35.5. The Morgan fingerprint density at radius 2 is 2.15 bits per heavy atom. The van der Waals surface area contributed by atoms with E-state index < -0.39 is 0 Å². The molecule has 1 aliphatic heterocycles. The van der Waals surface area contributed by atoms with Gasteiger partial charge in [-0.3, -0.25) is 9.69 Å². The minimum atomic E-state index is 0. The fraction of sp³-hybridized carbons (Fsp3) is 0.650. The van der Waals surface area contributed by atoms with Crippen molar-refractivity contribution in [1.29, 1.82) is 0 Å². The summed E-state index contributed by atoms with van der Waals surface area (Å²) in [6.45, 7) is 5.76. The molecule has 3 N–H and O–H groups in total. The van der Waals surface area contributed by atoms with Gasteiger partial charge in [0.25, 0.3) is 0 Å². The Labute approximate surface area is 169 Å². The number of halogens is 1. The molecule has 0 radical (unpaired) electrons. The maximum Gasteiger partial charge on any atom is 0.221 e. The van der Waals surface area contributed by atoms with E-state index in [1.165, 1.54) is 18.4 Å². The normalized spacial score (nSPS) is 17.1. The van der Waals surface area contributed by atoms with Crippen LogP contribution in [0.3, 0.4) is 0 Å². The van der Waals surface area contributed by atoms with Gasteiger partial charge in [0.1, 0.15) is 0 Å². The molecule has 7 heteroatoms. The molecule has 1 amide bonds. The zero-order valence-corrected chi connectivity index (χ0v) is 17.4. The quantitative estimate of drug-likeness (QED) is 0.632. The molecule has 1 aliphatic rings. The van der Waals surface area contributed by atoms with E-state index in [4.69, 9.17) is 15.2 Å². The number of methoxy groups -OCH3 is 1. The van der Waals surface area contributed by atoms with Gasteiger partial charge in [0.15, 0.2) is 11.5 Å². The van der Waals surface area contributed by atoms with E-state index in [1.807, 2.05) is 6.07 Å². The van der Waals surface area contributed by atoms with E-state index in [2.05, 4.69) is 29.3 Å². The second kappa shape index (κ2) is 12.8. The van der Waals surface area contributed by atoms with Crippen molar-refractivity contribution in [2.24, 2.45) is 5.73 Å². The van der Waals surface area contributed by atoms with Gasteiger partial charge in [0.05, 0.1) is 13.7 Å². The van der Waals surface area contributed by atoms with Crippen LogP contribution in [0.25, 0.3) is 0 Å². The molecule has 0 bridgehead atoms. The van der Waals surface area contributed by atoms with E-state index in [-0.39, 0.29) is 18.3 Å². The molecule has 1 heterocycles. The van der Waals surface area contributed by atoms with Gasteiger partial charge < -0.3 is 20.5 Å². The van der Waals surface area contributed by atoms with Crippen LogP contribution in [-0.4, -0.2) is 50.2 Å². The topological polar surface area (TPSA) is 76.8 Å². The fourth-order valence-electron chi connectivity index (χ4n) is 3.33. The Bertz CT molecular complexity index is 571. The lowest BCUT2D eigenvalue weighted by atomic mass is 10.0. The average molecular weight is 400 g/mol. The Morgan fingerprint density at radius 1 is 1.33 bits per heavy atom. The van der Waals surface area contributed by atoms with Crippen LogP contribution >= 0.6 is 12.4 Å². The highest BCUT2D eigenvalue weighted by Gasteiger charge is 2.23. The van der Waals surface area contributed by atoms with E-state index >= 15 is 0 Å². The number of carbonyl (C=O) groups excluding carboxylic acids is 1. The summed E-state index contributed by atoms with van der Waals surface area (Å²) in [6.07, 6.45) is 4.87. The number of ether oxygens (including phenoxy) is 2. The van der Waals surface area contributed by atoms with Crippen molar-refractivity contribution in [3.05, 3.63) is 23.8 Å². The molecule has 154 valence electrons. The summed E-state index contributed by atoms with van der Waals surface area (Å²) in [4.78, 5) is 14.2. The van der Waals surface area contributed by atoms with Crippen molar-refractivity contribution in [3.63, 3.8) is 0 Å². The first kappa shape index (κ1) is 23.5. The maximum absolute atomic E-state index is 11.7. The second-order valence-electron chi connectivity index (χ2n) is 6.80. The first-order valence-electron chi connectivity index (χ1n) is 9.68. The number of likely N-dealkylation sites (tertiary alicyclic amines) is 1. The van der Waals surface area contributed by atoms with Gasteiger partial charge in [-0.2, -0.15) is 0 Å². The van der Waals surface area contributed by atoms with E-state index in [1.54, 1.807) is 7.11 Å². The number of hydrogen-bond acceptors (Lipinski definition) is 5. The van der Waals surface area contributed by atoms with Crippen LogP contribution in [0.4, 0.5) is 0 Å². The van der Waals surface area contributed by atoms with Crippen molar-refractivity contribution in [2.45, 2.75) is 51.6 Å². The Hall–Kier alpha value is -1.50.